The van der Waals surface area contributed by atoms with Gasteiger partial charge in [-0.3, -0.25) is 4.90 Å². The Labute approximate surface area is 148 Å². The Morgan fingerprint density at radius 3 is 2.84 bits per heavy atom. The third-order valence-electron chi connectivity index (χ3n) is 4.19. The summed E-state index contributed by atoms with van der Waals surface area (Å²) >= 11 is 0. The van der Waals surface area contributed by atoms with Gasteiger partial charge in [0.1, 0.15) is 0 Å². The molecule has 0 bridgehead atoms. The summed E-state index contributed by atoms with van der Waals surface area (Å²) in [7, 11) is 0. The Morgan fingerprint density at radius 2 is 2.04 bits per heavy atom. The lowest BCUT2D eigenvalue weighted by atomic mass is 10.1. The lowest BCUT2D eigenvalue weighted by Crippen LogP contribution is -2.43. The number of aromatic nitrogens is 2. The van der Waals surface area contributed by atoms with Crippen LogP contribution in [0.5, 0.6) is 0 Å². The lowest BCUT2D eigenvalue weighted by Gasteiger charge is -2.26. The van der Waals surface area contributed by atoms with E-state index in [1.54, 1.807) is 12.5 Å². The molecule has 2 heterocycles. The number of amides is 2. The maximum absolute atomic E-state index is 11.9. The van der Waals surface area contributed by atoms with E-state index in [-0.39, 0.29) is 6.03 Å². The molecule has 1 aromatic carbocycles. The van der Waals surface area contributed by atoms with Crippen molar-refractivity contribution in [1.29, 1.82) is 0 Å². The number of ether oxygens (including phenoxy) is 1. The van der Waals surface area contributed by atoms with Crippen LogP contribution in [0.15, 0.2) is 43.0 Å². The molecule has 1 aliphatic rings. The molecule has 2 N–H and O–H groups in total. The first-order valence-electron chi connectivity index (χ1n) is 8.65. The molecule has 0 spiro atoms. The number of morpholine rings is 1. The minimum absolute atomic E-state index is 0.131. The second-order valence-electron chi connectivity index (χ2n) is 6.12. The first-order valence-corrected chi connectivity index (χ1v) is 8.65. The highest BCUT2D eigenvalue weighted by Gasteiger charge is 2.10. The Morgan fingerprint density at radius 1 is 1.20 bits per heavy atom. The van der Waals surface area contributed by atoms with Gasteiger partial charge in [0.25, 0.3) is 0 Å². The summed E-state index contributed by atoms with van der Waals surface area (Å²) in [6.45, 7) is 6.23. The quantitative estimate of drug-likeness (QED) is 0.789. The largest absolute Gasteiger partial charge is 0.379 e. The number of urea groups is 1. The maximum Gasteiger partial charge on any atom is 0.315 e. The second-order valence-corrected chi connectivity index (χ2v) is 6.12. The van der Waals surface area contributed by atoms with Crippen LogP contribution in [-0.2, 0) is 17.8 Å². The van der Waals surface area contributed by atoms with Crippen molar-refractivity contribution in [2.75, 3.05) is 39.4 Å². The Kier molecular flexibility index (Phi) is 6.42. The molecule has 0 saturated carbocycles. The highest BCUT2D eigenvalue weighted by atomic mass is 16.5. The summed E-state index contributed by atoms with van der Waals surface area (Å²) in [5.74, 6) is 0. The van der Waals surface area contributed by atoms with Crippen molar-refractivity contribution < 1.29 is 9.53 Å². The Hall–Kier alpha value is -2.38. The van der Waals surface area contributed by atoms with Crippen LogP contribution in [0.3, 0.4) is 0 Å². The van der Waals surface area contributed by atoms with Crippen LogP contribution in [0.4, 0.5) is 4.79 Å². The SMILES string of the molecule is O=C(NCCN1CCOCC1)NCc1cccc(Cn2ccnc2)c1. The van der Waals surface area contributed by atoms with Crippen molar-refractivity contribution in [1.82, 2.24) is 25.1 Å². The van der Waals surface area contributed by atoms with Gasteiger partial charge in [-0.05, 0) is 11.1 Å². The van der Waals surface area contributed by atoms with Crippen molar-refractivity contribution in [2.24, 2.45) is 0 Å². The van der Waals surface area contributed by atoms with Crippen molar-refractivity contribution in [3.05, 3.63) is 54.1 Å². The smallest absolute Gasteiger partial charge is 0.315 e. The number of carbonyl (C=O) groups is 1. The van der Waals surface area contributed by atoms with Gasteiger partial charge < -0.3 is 19.9 Å². The van der Waals surface area contributed by atoms with Crippen molar-refractivity contribution >= 4 is 6.03 Å². The normalized spacial score (nSPS) is 15.0. The predicted molar refractivity (Wildman–Crippen MR) is 95.3 cm³/mol. The molecular formula is C18H25N5O2. The number of rotatable bonds is 7. The molecule has 2 aromatic rings. The minimum Gasteiger partial charge on any atom is -0.379 e. The number of nitrogens with zero attached hydrogens (tertiary/aromatic N) is 3. The van der Waals surface area contributed by atoms with Gasteiger partial charge in [-0.15, -0.1) is 0 Å². The highest BCUT2D eigenvalue weighted by molar-refractivity contribution is 5.73. The Balaban J connectivity index is 1.38. The van der Waals surface area contributed by atoms with Crippen LogP contribution in [-0.4, -0.2) is 59.9 Å². The molecule has 7 heteroatoms. The summed E-state index contributed by atoms with van der Waals surface area (Å²) in [5, 5.41) is 5.82. The molecule has 0 unspecified atom stereocenters. The zero-order valence-electron chi connectivity index (χ0n) is 14.4. The molecule has 0 atom stereocenters. The van der Waals surface area contributed by atoms with Crippen molar-refractivity contribution in [3.63, 3.8) is 0 Å². The van der Waals surface area contributed by atoms with Gasteiger partial charge >= 0.3 is 6.03 Å². The lowest BCUT2D eigenvalue weighted by molar-refractivity contribution is 0.0387. The van der Waals surface area contributed by atoms with Crippen LogP contribution in [0, 0.1) is 0 Å². The monoisotopic (exact) mass is 343 g/mol. The fraction of sp³-hybridized carbons (Fsp3) is 0.444. The molecule has 25 heavy (non-hydrogen) atoms. The predicted octanol–water partition coefficient (Wildman–Crippen LogP) is 1.06. The summed E-state index contributed by atoms with van der Waals surface area (Å²) in [4.78, 5) is 18.3. The van der Waals surface area contributed by atoms with E-state index in [0.29, 0.717) is 13.1 Å². The van der Waals surface area contributed by atoms with Gasteiger partial charge in [-0.25, -0.2) is 9.78 Å². The van der Waals surface area contributed by atoms with Crippen LogP contribution in [0.25, 0.3) is 0 Å². The van der Waals surface area contributed by atoms with Crippen molar-refractivity contribution in [2.45, 2.75) is 13.1 Å². The molecule has 0 radical (unpaired) electrons. The zero-order valence-corrected chi connectivity index (χ0v) is 14.4. The maximum atomic E-state index is 11.9. The van der Waals surface area contributed by atoms with Crippen LogP contribution in [0.1, 0.15) is 11.1 Å². The molecule has 1 aromatic heterocycles. The molecular weight excluding hydrogens is 318 g/mol. The minimum atomic E-state index is -0.131. The molecule has 7 nitrogen and oxygen atoms in total. The van der Waals surface area contributed by atoms with Crippen LogP contribution >= 0.6 is 0 Å². The van der Waals surface area contributed by atoms with E-state index in [9.17, 15) is 4.79 Å². The topological polar surface area (TPSA) is 71.4 Å². The highest BCUT2D eigenvalue weighted by Crippen LogP contribution is 2.07. The molecule has 1 saturated heterocycles. The summed E-state index contributed by atoms with van der Waals surface area (Å²) in [5.41, 5.74) is 2.27. The summed E-state index contributed by atoms with van der Waals surface area (Å²) < 4.78 is 7.33. The average Bonchev–Trinajstić information content (AvgIpc) is 3.14. The first-order chi connectivity index (χ1) is 12.3. The van der Waals surface area contributed by atoms with E-state index in [0.717, 1.165) is 45.0 Å². The van der Waals surface area contributed by atoms with Gasteiger partial charge in [0.2, 0.25) is 0 Å². The van der Waals surface area contributed by atoms with Gasteiger partial charge in [0.05, 0.1) is 19.5 Å². The number of nitrogens with one attached hydrogen (secondary N) is 2. The number of benzene rings is 1. The Bertz CT molecular complexity index is 653. The first kappa shape index (κ1) is 17.4. The van der Waals surface area contributed by atoms with Gasteiger partial charge in [-0.2, -0.15) is 0 Å². The van der Waals surface area contributed by atoms with E-state index < -0.39 is 0 Å². The zero-order chi connectivity index (χ0) is 17.3. The fourth-order valence-corrected chi connectivity index (χ4v) is 2.83. The summed E-state index contributed by atoms with van der Waals surface area (Å²) in [6, 6.07) is 8.08. The van der Waals surface area contributed by atoms with E-state index in [1.807, 2.05) is 22.9 Å². The number of carbonyl (C=O) groups excluding carboxylic acids is 1. The fourth-order valence-electron chi connectivity index (χ4n) is 2.83. The standard InChI is InChI=1S/C18H25N5O2/c24-18(20-5-7-22-8-10-25-11-9-22)21-13-16-2-1-3-17(12-16)14-23-6-4-19-15-23/h1-4,6,12,15H,5,7-11,13-14H2,(H2,20,21,24). The van der Waals surface area contributed by atoms with Crippen molar-refractivity contribution in [3.8, 4) is 0 Å². The summed E-state index contributed by atoms with van der Waals surface area (Å²) in [6.07, 6.45) is 5.51. The molecule has 0 aliphatic carbocycles. The molecule has 134 valence electrons. The third kappa shape index (κ3) is 5.88. The van der Waals surface area contributed by atoms with E-state index in [2.05, 4.69) is 32.7 Å². The van der Waals surface area contributed by atoms with Gasteiger partial charge in [0.15, 0.2) is 0 Å². The molecule has 3 rings (SSSR count). The van der Waals surface area contributed by atoms with E-state index in [1.165, 1.54) is 5.56 Å². The average molecular weight is 343 g/mol. The molecule has 1 aliphatic heterocycles. The third-order valence-corrected chi connectivity index (χ3v) is 4.19. The van der Waals surface area contributed by atoms with Gasteiger partial charge in [-0.1, -0.05) is 24.3 Å². The number of imidazole rings is 1. The molecule has 2 amide bonds. The van der Waals surface area contributed by atoms with Gasteiger partial charge in [0, 0.05) is 51.7 Å². The van der Waals surface area contributed by atoms with Crippen LogP contribution < -0.4 is 10.6 Å². The number of hydrogen-bond donors (Lipinski definition) is 2. The second kappa shape index (κ2) is 9.19. The van der Waals surface area contributed by atoms with Crippen LogP contribution in [0.2, 0.25) is 0 Å². The van der Waals surface area contributed by atoms with E-state index >= 15 is 0 Å². The molecule has 1 fully saturated rings. The van der Waals surface area contributed by atoms with E-state index in [4.69, 9.17) is 4.74 Å². The number of hydrogen-bond acceptors (Lipinski definition) is 4.